The maximum absolute atomic E-state index is 13.3. The van der Waals surface area contributed by atoms with Gasteiger partial charge in [-0.3, -0.25) is 0 Å². The maximum Gasteiger partial charge on any atom is 0.180 e. The Morgan fingerprint density at radius 2 is 1.95 bits per heavy atom. The summed E-state index contributed by atoms with van der Waals surface area (Å²) >= 11 is 12.0. The molecule has 0 N–H and O–H groups in total. The van der Waals surface area contributed by atoms with E-state index in [0.29, 0.717) is 22.4 Å². The molecule has 0 unspecified atom stereocenters. The predicted octanol–water partition coefficient (Wildman–Crippen LogP) is 5.11. The molecule has 0 aromatic heterocycles. The average Bonchev–Trinajstić information content (AvgIpc) is 2.48. The van der Waals surface area contributed by atoms with Crippen LogP contribution in [0.5, 0.6) is 11.5 Å². The van der Waals surface area contributed by atoms with Gasteiger partial charge in [-0.1, -0.05) is 17.7 Å². The fourth-order valence-electron chi connectivity index (χ4n) is 1.94. The van der Waals surface area contributed by atoms with E-state index >= 15 is 0 Å². The van der Waals surface area contributed by atoms with Crippen LogP contribution in [0.15, 0.2) is 30.3 Å². The zero-order chi connectivity index (χ0) is 15.4. The van der Waals surface area contributed by atoms with Gasteiger partial charge >= 0.3 is 0 Å². The maximum atomic E-state index is 13.3. The lowest BCUT2D eigenvalue weighted by molar-refractivity contribution is 0.283. The monoisotopic (exact) mass is 328 g/mol. The Morgan fingerprint density at radius 3 is 2.62 bits per heavy atom. The largest absolute Gasteiger partial charge is 0.493 e. The van der Waals surface area contributed by atoms with E-state index in [1.54, 1.807) is 18.2 Å². The number of alkyl halides is 1. The molecule has 0 heterocycles. The van der Waals surface area contributed by atoms with E-state index in [0.717, 1.165) is 16.7 Å². The summed E-state index contributed by atoms with van der Waals surface area (Å²) in [5, 5.41) is 0.416. The quantitative estimate of drug-likeness (QED) is 0.709. The van der Waals surface area contributed by atoms with E-state index in [-0.39, 0.29) is 12.4 Å². The van der Waals surface area contributed by atoms with Crippen LogP contribution in [0.3, 0.4) is 0 Å². The average molecular weight is 329 g/mol. The Balaban J connectivity index is 2.25. The molecule has 112 valence electrons. The van der Waals surface area contributed by atoms with Gasteiger partial charge in [0, 0.05) is 5.88 Å². The first-order valence-corrected chi connectivity index (χ1v) is 7.26. The van der Waals surface area contributed by atoms with Gasteiger partial charge < -0.3 is 9.47 Å². The van der Waals surface area contributed by atoms with Gasteiger partial charge in [-0.05, 0) is 47.9 Å². The van der Waals surface area contributed by atoms with Gasteiger partial charge in [-0.2, -0.15) is 0 Å². The number of aryl methyl sites for hydroxylation is 1. The second-order valence-electron chi connectivity index (χ2n) is 4.60. The van der Waals surface area contributed by atoms with Crippen LogP contribution >= 0.6 is 23.2 Å². The van der Waals surface area contributed by atoms with Gasteiger partial charge in [-0.25, -0.2) is 4.39 Å². The number of methoxy groups -OCH3 is 1. The van der Waals surface area contributed by atoms with E-state index in [1.807, 2.05) is 6.92 Å². The minimum atomic E-state index is -0.297. The Morgan fingerprint density at radius 1 is 1.19 bits per heavy atom. The zero-order valence-electron chi connectivity index (χ0n) is 11.8. The smallest absolute Gasteiger partial charge is 0.180 e. The van der Waals surface area contributed by atoms with Gasteiger partial charge in [0.25, 0.3) is 0 Å². The highest BCUT2D eigenvalue weighted by molar-refractivity contribution is 6.32. The summed E-state index contributed by atoms with van der Waals surface area (Å²) < 4.78 is 24.3. The Hall–Kier alpha value is -1.45. The summed E-state index contributed by atoms with van der Waals surface area (Å²) in [6.45, 7) is 2.10. The summed E-state index contributed by atoms with van der Waals surface area (Å²) in [6, 6.07) is 8.07. The van der Waals surface area contributed by atoms with Crippen molar-refractivity contribution in [3.05, 3.63) is 57.9 Å². The molecule has 0 radical (unpaired) electrons. The van der Waals surface area contributed by atoms with Crippen molar-refractivity contribution in [1.29, 1.82) is 0 Å². The van der Waals surface area contributed by atoms with Crippen LogP contribution in [-0.4, -0.2) is 7.11 Å². The van der Waals surface area contributed by atoms with Gasteiger partial charge in [-0.15, -0.1) is 11.6 Å². The highest BCUT2D eigenvalue weighted by Crippen LogP contribution is 2.37. The fraction of sp³-hybridized carbons (Fsp3) is 0.250. The molecule has 0 atom stereocenters. The number of halogens is 3. The third kappa shape index (κ3) is 3.80. The van der Waals surface area contributed by atoms with Crippen molar-refractivity contribution in [2.75, 3.05) is 7.11 Å². The first-order valence-electron chi connectivity index (χ1n) is 6.35. The summed E-state index contributed by atoms with van der Waals surface area (Å²) in [5.74, 6) is 0.970. The second kappa shape index (κ2) is 7.01. The molecule has 0 aliphatic rings. The van der Waals surface area contributed by atoms with Gasteiger partial charge in [0.2, 0.25) is 0 Å². The molecule has 2 rings (SSSR count). The normalized spacial score (nSPS) is 10.5. The van der Waals surface area contributed by atoms with Gasteiger partial charge in [0.15, 0.2) is 11.5 Å². The van der Waals surface area contributed by atoms with Crippen molar-refractivity contribution < 1.29 is 13.9 Å². The molecule has 21 heavy (non-hydrogen) atoms. The minimum absolute atomic E-state index is 0.208. The summed E-state index contributed by atoms with van der Waals surface area (Å²) in [5.41, 5.74) is 2.55. The van der Waals surface area contributed by atoms with Crippen LogP contribution in [0.4, 0.5) is 4.39 Å². The van der Waals surface area contributed by atoms with Crippen LogP contribution in [0.1, 0.15) is 16.7 Å². The Bertz CT molecular complexity index is 644. The zero-order valence-corrected chi connectivity index (χ0v) is 13.3. The SMILES string of the molecule is COc1cc(CCl)cc(Cl)c1OCc1cc(F)ccc1C. The van der Waals surface area contributed by atoms with Crippen molar-refractivity contribution in [2.24, 2.45) is 0 Å². The van der Waals surface area contributed by atoms with E-state index in [2.05, 4.69) is 0 Å². The van der Waals surface area contributed by atoms with Crippen LogP contribution in [0.2, 0.25) is 5.02 Å². The van der Waals surface area contributed by atoms with E-state index in [1.165, 1.54) is 19.2 Å². The highest BCUT2D eigenvalue weighted by Gasteiger charge is 2.13. The molecule has 2 aromatic carbocycles. The lowest BCUT2D eigenvalue weighted by atomic mass is 10.1. The number of hydrogen-bond donors (Lipinski definition) is 0. The fourth-order valence-corrected chi connectivity index (χ4v) is 2.38. The van der Waals surface area contributed by atoms with Crippen LogP contribution < -0.4 is 9.47 Å². The lowest BCUT2D eigenvalue weighted by Crippen LogP contribution is -2.01. The molecule has 5 heteroatoms. The molecule has 0 saturated heterocycles. The lowest BCUT2D eigenvalue weighted by Gasteiger charge is -2.14. The number of rotatable bonds is 5. The molecule has 0 aliphatic heterocycles. The van der Waals surface area contributed by atoms with E-state index in [9.17, 15) is 4.39 Å². The van der Waals surface area contributed by atoms with E-state index < -0.39 is 0 Å². The highest BCUT2D eigenvalue weighted by atomic mass is 35.5. The third-order valence-electron chi connectivity index (χ3n) is 3.13. The van der Waals surface area contributed by atoms with Crippen LogP contribution in [0.25, 0.3) is 0 Å². The van der Waals surface area contributed by atoms with Crippen molar-refractivity contribution in [3.63, 3.8) is 0 Å². The molecule has 0 saturated carbocycles. The van der Waals surface area contributed by atoms with Crippen LogP contribution in [0, 0.1) is 12.7 Å². The molecule has 2 aromatic rings. The predicted molar refractivity (Wildman–Crippen MR) is 83.0 cm³/mol. The van der Waals surface area contributed by atoms with Gasteiger partial charge in [0.1, 0.15) is 12.4 Å². The number of ether oxygens (including phenoxy) is 2. The molecular formula is C16H15Cl2FO2. The van der Waals surface area contributed by atoms with Crippen molar-refractivity contribution in [3.8, 4) is 11.5 Å². The molecule has 0 amide bonds. The standard InChI is InChI=1S/C16H15Cl2FO2/c1-10-3-4-13(19)7-12(10)9-21-16-14(18)5-11(8-17)6-15(16)20-2/h3-7H,8-9H2,1-2H3. The number of hydrogen-bond acceptors (Lipinski definition) is 2. The molecule has 0 bridgehead atoms. The Labute approximate surface area is 133 Å². The third-order valence-corrected chi connectivity index (χ3v) is 3.72. The topological polar surface area (TPSA) is 18.5 Å². The molecular weight excluding hydrogens is 314 g/mol. The number of benzene rings is 2. The molecule has 2 nitrogen and oxygen atoms in total. The summed E-state index contributed by atoms with van der Waals surface area (Å²) in [7, 11) is 1.53. The van der Waals surface area contributed by atoms with Gasteiger partial charge in [0.05, 0.1) is 12.1 Å². The first kappa shape index (κ1) is 15.9. The molecule has 0 aliphatic carbocycles. The first-order chi connectivity index (χ1) is 10.0. The summed E-state index contributed by atoms with van der Waals surface area (Å²) in [6.07, 6.45) is 0. The Kier molecular flexibility index (Phi) is 5.32. The molecule has 0 spiro atoms. The van der Waals surface area contributed by atoms with Crippen molar-refractivity contribution >= 4 is 23.2 Å². The molecule has 0 fully saturated rings. The summed E-state index contributed by atoms with van der Waals surface area (Å²) in [4.78, 5) is 0. The minimum Gasteiger partial charge on any atom is -0.493 e. The second-order valence-corrected chi connectivity index (χ2v) is 5.28. The van der Waals surface area contributed by atoms with Crippen molar-refractivity contribution in [1.82, 2.24) is 0 Å². The van der Waals surface area contributed by atoms with E-state index in [4.69, 9.17) is 32.7 Å². The van der Waals surface area contributed by atoms with Crippen LogP contribution in [-0.2, 0) is 12.5 Å². The van der Waals surface area contributed by atoms with Crippen molar-refractivity contribution in [2.45, 2.75) is 19.4 Å².